The third-order valence-electron chi connectivity index (χ3n) is 4.20. The van der Waals surface area contributed by atoms with Crippen LogP contribution in [0, 0.1) is 11.8 Å². The Labute approximate surface area is 173 Å². The highest BCUT2D eigenvalue weighted by atomic mass is 16.5. The van der Waals surface area contributed by atoms with E-state index in [9.17, 15) is 33.9 Å². The topological polar surface area (TPSA) is 216 Å². The number of amides is 2. The van der Waals surface area contributed by atoms with Gasteiger partial charge in [0.1, 0.15) is 18.4 Å². The number of rotatable bonds is 15. The van der Waals surface area contributed by atoms with E-state index >= 15 is 0 Å². The standard InChI is InChI=1S/C18H29N3O9/c1-3-16(26)30-8-13(19)14(24)7-21-17(27)10(5-15(20)25)4-11(23)6-12(9(2)22)18(28)29/h9-10,12-13,22H,3-8,19H2,1-2H3,(H2,20,25)(H,21,27)(H,28,29)/t9?,10-,12-,13-/m0/s1. The summed E-state index contributed by atoms with van der Waals surface area (Å²) in [6.45, 7) is 1.89. The number of nitrogens with one attached hydrogen (secondary N) is 1. The van der Waals surface area contributed by atoms with Crippen LogP contribution in [0.1, 0.15) is 39.5 Å². The van der Waals surface area contributed by atoms with E-state index in [-0.39, 0.29) is 13.0 Å². The summed E-state index contributed by atoms with van der Waals surface area (Å²) in [6.07, 6.45) is -2.73. The number of hydrogen-bond donors (Lipinski definition) is 5. The first-order valence-electron chi connectivity index (χ1n) is 9.31. The predicted molar refractivity (Wildman–Crippen MR) is 102 cm³/mol. The van der Waals surface area contributed by atoms with E-state index in [1.165, 1.54) is 6.92 Å². The van der Waals surface area contributed by atoms with E-state index < -0.39 is 85.1 Å². The van der Waals surface area contributed by atoms with E-state index in [1.54, 1.807) is 6.92 Å². The van der Waals surface area contributed by atoms with Crippen molar-refractivity contribution in [3.05, 3.63) is 0 Å². The monoisotopic (exact) mass is 431 g/mol. The fourth-order valence-corrected chi connectivity index (χ4v) is 2.40. The average Bonchev–Trinajstić information content (AvgIpc) is 2.66. The first-order chi connectivity index (χ1) is 13.9. The number of carboxylic acids is 1. The number of Topliss-reactive ketones (excluding diaryl/α,β-unsaturated/α-hetero) is 2. The number of ether oxygens (including phenoxy) is 1. The van der Waals surface area contributed by atoms with Crippen LogP contribution in [0.4, 0.5) is 0 Å². The molecule has 0 aromatic carbocycles. The van der Waals surface area contributed by atoms with Crippen LogP contribution in [-0.2, 0) is 33.5 Å². The molecule has 0 fully saturated rings. The minimum atomic E-state index is -1.38. The van der Waals surface area contributed by atoms with Crippen molar-refractivity contribution in [1.82, 2.24) is 5.32 Å². The molecule has 0 aliphatic carbocycles. The van der Waals surface area contributed by atoms with E-state index in [2.05, 4.69) is 5.32 Å². The summed E-state index contributed by atoms with van der Waals surface area (Å²) in [7, 11) is 0. The number of ketones is 2. The molecule has 4 atom stereocenters. The van der Waals surface area contributed by atoms with Gasteiger partial charge in [0.25, 0.3) is 0 Å². The van der Waals surface area contributed by atoms with Crippen molar-refractivity contribution in [1.29, 1.82) is 0 Å². The highest BCUT2D eigenvalue weighted by Crippen LogP contribution is 2.16. The maximum Gasteiger partial charge on any atom is 0.309 e. The molecule has 12 nitrogen and oxygen atoms in total. The molecule has 0 aliphatic heterocycles. The van der Waals surface area contributed by atoms with E-state index in [0.717, 1.165) is 0 Å². The third-order valence-corrected chi connectivity index (χ3v) is 4.20. The molecule has 12 heteroatoms. The molecule has 0 saturated heterocycles. The summed E-state index contributed by atoms with van der Waals surface area (Å²) in [6, 6.07) is -1.17. The van der Waals surface area contributed by atoms with Crippen molar-refractivity contribution < 1.29 is 43.7 Å². The van der Waals surface area contributed by atoms with Gasteiger partial charge in [0.2, 0.25) is 11.8 Å². The number of aliphatic hydroxyl groups is 1. The van der Waals surface area contributed by atoms with Gasteiger partial charge in [-0.25, -0.2) is 0 Å². The highest BCUT2D eigenvalue weighted by molar-refractivity contribution is 5.94. The van der Waals surface area contributed by atoms with Crippen LogP contribution in [0.25, 0.3) is 0 Å². The van der Waals surface area contributed by atoms with Gasteiger partial charge in [-0.05, 0) is 6.92 Å². The number of aliphatic carboxylic acids is 1. The van der Waals surface area contributed by atoms with Crippen LogP contribution in [0.5, 0.6) is 0 Å². The zero-order valence-corrected chi connectivity index (χ0v) is 17.0. The number of nitrogens with two attached hydrogens (primary N) is 2. The number of carbonyl (C=O) groups is 6. The zero-order valence-electron chi connectivity index (χ0n) is 17.0. The summed E-state index contributed by atoms with van der Waals surface area (Å²) in [5, 5.41) is 20.7. The summed E-state index contributed by atoms with van der Waals surface area (Å²) in [5.74, 6) is -7.51. The molecule has 0 aromatic heterocycles. The molecule has 1 unspecified atom stereocenters. The van der Waals surface area contributed by atoms with Gasteiger partial charge in [0.05, 0.1) is 24.5 Å². The molecule has 0 heterocycles. The normalized spacial score (nSPS) is 14.7. The van der Waals surface area contributed by atoms with Gasteiger partial charge in [-0.3, -0.25) is 28.8 Å². The van der Waals surface area contributed by atoms with Crippen molar-refractivity contribution in [2.75, 3.05) is 13.2 Å². The van der Waals surface area contributed by atoms with Crippen LogP contribution < -0.4 is 16.8 Å². The largest absolute Gasteiger partial charge is 0.481 e. The van der Waals surface area contributed by atoms with Gasteiger partial charge in [-0.15, -0.1) is 0 Å². The van der Waals surface area contributed by atoms with Gasteiger partial charge in [-0.1, -0.05) is 6.92 Å². The highest BCUT2D eigenvalue weighted by Gasteiger charge is 2.30. The Morgan fingerprint density at radius 3 is 2.13 bits per heavy atom. The lowest BCUT2D eigenvalue weighted by Gasteiger charge is -2.18. The first kappa shape index (κ1) is 27.1. The Kier molecular flexibility index (Phi) is 12.1. The number of hydrogen-bond acceptors (Lipinski definition) is 9. The van der Waals surface area contributed by atoms with Crippen molar-refractivity contribution >= 4 is 35.3 Å². The summed E-state index contributed by atoms with van der Waals surface area (Å²) >= 11 is 0. The molecule has 0 aliphatic rings. The smallest absolute Gasteiger partial charge is 0.309 e. The van der Waals surface area contributed by atoms with Crippen molar-refractivity contribution in [2.45, 2.75) is 51.7 Å². The Bertz CT molecular complexity index is 663. The van der Waals surface area contributed by atoms with Crippen molar-refractivity contribution in [2.24, 2.45) is 23.3 Å². The first-order valence-corrected chi connectivity index (χ1v) is 9.31. The molecule has 0 radical (unpaired) electrons. The minimum Gasteiger partial charge on any atom is -0.481 e. The van der Waals surface area contributed by atoms with Gasteiger partial charge < -0.3 is 31.7 Å². The Balaban J connectivity index is 4.86. The van der Waals surface area contributed by atoms with Crippen LogP contribution >= 0.6 is 0 Å². The van der Waals surface area contributed by atoms with E-state index in [1.807, 2.05) is 0 Å². The second-order valence-corrected chi connectivity index (χ2v) is 6.83. The lowest BCUT2D eigenvalue weighted by molar-refractivity contribution is -0.148. The summed E-state index contributed by atoms with van der Waals surface area (Å²) in [4.78, 5) is 69.7. The number of esters is 1. The molecule has 0 aromatic rings. The quantitative estimate of drug-likeness (QED) is 0.177. The zero-order chi connectivity index (χ0) is 23.4. The molecule has 2 amide bonds. The third kappa shape index (κ3) is 10.6. The summed E-state index contributed by atoms with van der Waals surface area (Å²) < 4.78 is 4.74. The average molecular weight is 431 g/mol. The molecule has 7 N–H and O–H groups in total. The van der Waals surface area contributed by atoms with Gasteiger partial charge in [0, 0.05) is 25.7 Å². The van der Waals surface area contributed by atoms with Gasteiger partial charge in [-0.2, -0.15) is 0 Å². The molecule has 170 valence electrons. The maximum absolute atomic E-state index is 12.3. The van der Waals surface area contributed by atoms with E-state index in [4.69, 9.17) is 21.3 Å². The van der Waals surface area contributed by atoms with Gasteiger partial charge in [0.15, 0.2) is 5.78 Å². The Morgan fingerprint density at radius 1 is 1.07 bits per heavy atom. The second kappa shape index (κ2) is 13.4. The molecular weight excluding hydrogens is 402 g/mol. The number of primary amides is 1. The number of carbonyl (C=O) groups excluding carboxylic acids is 5. The molecule has 0 saturated carbocycles. The summed E-state index contributed by atoms with van der Waals surface area (Å²) in [5.41, 5.74) is 10.7. The minimum absolute atomic E-state index is 0.109. The van der Waals surface area contributed by atoms with Crippen molar-refractivity contribution in [3.8, 4) is 0 Å². The predicted octanol–water partition coefficient (Wildman–Crippen LogP) is -2.13. The van der Waals surface area contributed by atoms with Gasteiger partial charge >= 0.3 is 11.9 Å². The Morgan fingerprint density at radius 2 is 1.67 bits per heavy atom. The van der Waals surface area contributed by atoms with Crippen molar-refractivity contribution in [3.63, 3.8) is 0 Å². The molecule has 0 rings (SSSR count). The fraction of sp³-hybridized carbons (Fsp3) is 0.667. The molecule has 30 heavy (non-hydrogen) atoms. The molecule has 0 bridgehead atoms. The van der Waals surface area contributed by atoms with E-state index in [0.29, 0.717) is 0 Å². The molecular formula is C18H29N3O9. The SMILES string of the molecule is CCC(=O)OC[C@H](N)C(=O)CNC(=O)[C@H](CC(N)=O)CC(=O)C[C@H](C(=O)O)C(C)O. The molecule has 0 spiro atoms. The van der Waals surface area contributed by atoms with Crippen LogP contribution in [0.2, 0.25) is 0 Å². The van der Waals surface area contributed by atoms with Crippen LogP contribution in [-0.4, -0.2) is 70.8 Å². The Hall–Kier alpha value is -2.86. The fourth-order valence-electron chi connectivity index (χ4n) is 2.40. The lowest BCUT2D eigenvalue weighted by atomic mass is 9.90. The lowest BCUT2D eigenvalue weighted by Crippen LogP contribution is -2.44. The number of aliphatic hydroxyl groups excluding tert-OH is 1. The maximum atomic E-state index is 12.3. The number of carboxylic acid groups (broad SMARTS) is 1. The van der Waals surface area contributed by atoms with Crippen LogP contribution in [0.3, 0.4) is 0 Å². The second-order valence-electron chi connectivity index (χ2n) is 6.83. The van der Waals surface area contributed by atoms with Crippen LogP contribution in [0.15, 0.2) is 0 Å².